The Morgan fingerprint density at radius 2 is 2.24 bits per heavy atom. The smallest absolute Gasteiger partial charge is 0.381 e. The number of anilines is 1. The molecule has 0 aliphatic carbocycles. The maximum atomic E-state index is 12.7. The first-order valence-corrected chi connectivity index (χ1v) is 6.57. The summed E-state index contributed by atoms with van der Waals surface area (Å²) >= 11 is 0. The van der Waals surface area contributed by atoms with E-state index in [9.17, 15) is 13.2 Å². The zero-order chi connectivity index (χ0) is 15.0. The molecule has 0 aromatic carbocycles. The van der Waals surface area contributed by atoms with E-state index in [0.717, 1.165) is 17.5 Å². The molecule has 3 rings (SSSR count). The van der Waals surface area contributed by atoms with Gasteiger partial charge in [-0.05, 0) is 13.3 Å². The molecule has 0 amide bonds. The molecule has 3 heterocycles. The van der Waals surface area contributed by atoms with Crippen molar-refractivity contribution in [3.05, 3.63) is 17.6 Å². The fraction of sp³-hybridized carbons (Fsp3) is 0.583. The molecule has 2 aromatic rings. The van der Waals surface area contributed by atoms with Crippen LogP contribution in [-0.2, 0) is 10.9 Å². The van der Waals surface area contributed by atoms with Crippen molar-refractivity contribution in [1.29, 1.82) is 0 Å². The van der Waals surface area contributed by atoms with Crippen molar-refractivity contribution in [1.82, 2.24) is 19.6 Å². The van der Waals surface area contributed by atoms with Crippen molar-refractivity contribution < 1.29 is 17.9 Å². The quantitative estimate of drug-likeness (QED) is 0.938. The number of alkyl halides is 3. The minimum absolute atomic E-state index is 0.0625. The number of halogens is 3. The lowest BCUT2D eigenvalue weighted by Gasteiger charge is -2.11. The van der Waals surface area contributed by atoms with E-state index in [0.29, 0.717) is 30.6 Å². The van der Waals surface area contributed by atoms with Gasteiger partial charge in [0.2, 0.25) is 0 Å². The second kappa shape index (κ2) is 5.14. The third-order valence-electron chi connectivity index (χ3n) is 3.29. The van der Waals surface area contributed by atoms with E-state index in [1.807, 2.05) is 0 Å². The number of rotatable bonds is 3. The number of aryl methyl sites for hydroxylation is 1. The lowest BCUT2D eigenvalue weighted by Crippen LogP contribution is -2.16. The van der Waals surface area contributed by atoms with Crippen LogP contribution in [0.3, 0.4) is 0 Å². The molecule has 6 nitrogen and oxygen atoms in total. The van der Waals surface area contributed by atoms with Gasteiger partial charge in [0.25, 0.3) is 11.6 Å². The summed E-state index contributed by atoms with van der Waals surface area (Å²) in [6, 6.07) is 1.65. The molecule has 1 atom stereocenters. The Morgan fingerprint density at radius 3 is 2.90 bits per heavy atom. The highest BCUT2D eigenvalue weighted by Gasteiger charge is 2.36. The van der Waals surface area contributed by atoms with Crippen LogP contribution in [0.4, 0.5) is 19.0 Å². The molecule has 2 aromatic heterocycles. The van der Waals surface area contributed by atoms with Gasteiger partial charge in [-0.25, -0.2) is 4.98 Å². The Bertz CT molecular complexity index is 648. The summed E-state index contributed by atoms with van der Waals surface area (Å²) in [4.78, 5) is 7.41. The predicted octanol–water partition coefficient (Wildman–Crippen LogP) is 1.90. The molecule has 1 fully saturated rings. The first kappa shape index (κ1) is 14.1. The Balaban J connectivity index is 1.90. The summed E-state index contributed by atoms with van der Waals surface area (Å²) in [5.41, 5.74) is 0.578. The van der Waals surface area contributed by atoms with Crippen LogP contribution in [0, 0.1) is 12.8 Å². The van der Waals surface area contributed by atoms with Crippen LogP contribution in [0.5, 0.6) is 0 Å². The normalized spacial score (nSPS) is 19.3. The van der Waals surface area contributed by atoms with Crippen LogP contribution in [0.1, 0.15) is 17.9 Å². The van der Waals surface area contributed by atoms with Crippen LogP contribution in [0.2, 0.25) is 0 Å². The van der Waals surface area contributed by atoms with Gasteiger partial charge in [0.05, 0.1) is 6.61 Å². The number of hydrogen-bond donors (Lipinski definition) is 1. The minimum Gasteiger partial charge on any atom is -0.381 e. The average Bonchev–Trinajstić information content (AvgIpc) is 3.03. The largest absolute Gasteiger partial charge is 0.453 e. The second-order valence-electron chi connectivity index (χ2n) is 5.04. The van der Waals surface area contributed by atoms with Crippen molar-refractivity contribution in [3.63, 3.8) is 0 Å². The topological polar surface area (TPSA) is 64.3 Å². The maximum Gasteiger partial charge on any atom is 0.453 e. The first-order valence-electron chi connectivity index (χ1n) is 6.57. The predicted molar refractivity (Wildman–Crippen MR) is 67.9 cm³/mol. The summed E-state index contributed by atoms with van der Waals surface area (Å²) in [5, 5.41) is 6.60. The van der Waals surface area contributed by atoms with Gasteiger partial charge in [-0.1, -0.05) is 0 Å². The van der Waals surface area contributed by atoms with Crippen molar-refractivity contribution in [3.8, 4) is 0 Å². The summed E-state index contributed by atoms with van der Waals surface area (Å²) in [6.07, 6.45) is -3.65. The number of aromatic nitrogens is 4. The highest BCUT2D eigenvalue weighted by molar-refractivity contribution is 5.45. The molecule has 0 unspecified atom stereocenters. The molecule has 9 heteroatoms. The molecule has 1 saturated heterocycles. The van der Waals surface area contributed by atoms with Gasteiger partial charge in [0.1, 0.15) is 5.82 Å². The van der Waals surface area contributed by atoms with E-state index >= 15 is 0 Å². The van der Waals surface area contributed by atoms with Crippen molar-refractivity contribution >= 4 is 11.6 Å². The molecule has 1 aliphatic heterocycles. The Kier molecular flexibility index (Phi) is 3.44. The fourth-order valence-corrected chi connectivity index (χ4v) is 2.23. The van der Waals surface area contributed by atoms with E-state index in [1.165, 1.54) is 0 Å². The van der Waals surface area contributed by atoms with Gasteiger partial charge >= 0.3 is 6.18 Å². The van der Waals surface area contributed by atoms with E-state index in [2.05, 4.69) is 20.4 Å². The van der Waals surface area contributed by atoms with Gasteiger partial charge in [-0.15, -0.1) is 5.10 Å². The average molecular weight is 301 g/mol. The van der Waals surface area contributed by atoms with Gasteiger partial charge < -0.3 is 10.1 Å². The molecule has 0 radical (unpaired) electrons. The fourth-order valence-electron chi connectivity index (χ4n) is 2.23. The Morgan fingerprint density at radius 1 is 1.43 bits per heavy atom. The molecular formula is C12H14F3N5O. The molecular weight excluding hydrogens is 287 g/mol. The standard InChI is InChI=1S/C12H14F3N5O/c1-7-4-9(16-5-8-2-3-21-6-8)20-11(17-7)18-10(19-20)12(13,14)15/h4,8,16H,2-3,5-6H2,1H3/t8-/m1/s1. The van der Waals surface area contributed by atoms with Crippen molar-refractivity contribution in [2.45, 2.75) is 19.5 Å². The van der Waals surface area contributed by atoms with Gasteiger partial charge in [0, 0.05) is 30.8 Å². The van der Waals surface area contributed by atoms with E-state index < -0.39 is 12.0 Å². The zero-order valence-electron chi connectivity index (χ0n) is 11.3. The molecule has 0 spiro atoms. The zero-order valence-corrected chi connectivity index (χ0v) is 11.3. The summed E-state index contributed by atoms with van der Waals surface area (Å²) in [5.74, 6) is -0.452. The van der Waals surface area contributed by atoms with E-state index in [-0.39, 0.29) is 5.78 Å². The molecule has 0 saturated carbocycles. The lowest BCUT2D eigenvalue weighted by molar-refractivity contribution is -0.144. The number of nitrogens with one attached hydrogen (secondary N) is 1. The second-order valence-corrected chi connectivity index (χ2v) is 5.04. The third kappa shape index (κ3) is 2.92. The monoisotopic (exact) mass is 301 g/mol. The maximum absolute atomic E-state index is 12.7. The molecule has 21 heavy (non-hydrogen) atoms. The van der Waals surface area contributed by atoms with E-state index in [1.54, 1.807) is 13.0 Å². The summed E-state index contributed by atoms with van der Waals surface area (Å²) < 4.78 is 44.4. The number of nitrogens with zero attached hydrogens (tertiary/aromatic N) is 4. The summed E-state index contributed by atoms with van der Waals surface area (Å²) in [7, 11) is 0. The molecule has 1 aliphatic rings. The summed E-state index contributed by atoms with van der Waals surface area (Å²) in [6.45, 7) is 3.69. The Labute approximate surface area is 118 Å². The van der Waals surface area contributed by atoms with E-state index in [4.69, 9.17) is 4.74 Å². The van der Waals surface area contributed by atoms with Gasteiger partial charge in [-0.2, -0.15) is 22.7 Å². The SMILES string of the molecule is Cc1cc(NC[C@H]2CCOC2)n2nc(C(F)(F)F)nc2n1. The molecule has 114 valence electrons. The van der Waals surface area contributed by atoms with Crippen molar-refractivity contribution in [2.24, 2.45) is 5.92 Å². The highest BCUT2D eigenvalue weighted by Crippen LogP contribution is 2.27. The first-order chi connectivity index (χ1) is 9.93. The third-order valence-corrected chi connectivity index (χ3v) is 3.29. The minimum atomic E-state index is -4.59. The van der Waals surface area contributed by atoms with Crippen LogP contribution in [0.25, 0.3) is 5.78 Å². The van der Waals surface area contributed by atoms with Gasteiger partial charge in [0.15, 0.2) is 0 Å². The van der Waals surface area contributed by atoms with Crippen LogP contribution < -0.4 is 5.32 Å². The number of hydrogen-bond acceptors (Lipinski definition) is 5. The van der Waals surface area contributed by atoms with Crippen LogP contribution in [0.15, 0.2) is 6.07 Å². The highest BCUT2D eigenvalue weighted by atomic mass is 19.4. The van der Waals surface area contributed by atoms with Crippen LogP contribution >= 0.6 is 0 Å². The van der Waals surface area contributed by atoms with Crippen LogP contribution in [-0.4, -0.2) is 39.3 Å². The van der Waals surface area contributed by atoms with Gasteiger partial charge in [-0.3, -0.25) is 0 Å². The number of ether oxygens (including phenoxy) is 1. The molecule has 0 bridgehead atoms. The Hall–Kier alpha value is -1.90. The number of fused-ring (bicyclic) bond motifs is 1. The lowest BCUT2D eigenvalue weighted by atomic mass is 10.1. The molecule has 1 N–H and O–H groups in total. The van der Waals surface area contributed by atoms with Crippen molar-refractivity contribution in [2.75, 3.05) is 25.1 Å².